The van der Waals surface area contributed by atoms with E-state index in [1.54, 1.807) is 13.3 Å². The summed E-state index contributed by atoms with van der Waals surface area (Å²) in [7, 11) is 3.92. The average molecular weight is 326 g/mol. The van der Waals surface area contributed by atoms with Crippen LogP contribution in [-0.4, -0.2) is 42.1 Å². The van der Waals surface area contributed by atoms with Gasteiger partial charge in [-0.05, 0) is 63.0 Å². The van der Waals surface area contributed by atoms with Crippen LogP contribution in [0.15, 0.2) is 36.5 Å². The van der Waals surface area contributed by atoms with E-state index in [1.165, 1.54) is 18.4 Å². The van der Waals surface area contributed by atoms with Crippen molar-refractivity contribution >= 4 is 5.95 Å². The number of hydrogen-bond acceptors (Lipinski definition) is 5. The molecule has 1 aliphatic heterocycles. The minimum absolute atomic E-state index is 0.405. The first-order valence-corrected chi connectivity index (χ1v) is 8.55. The van der Waals surface area contributed by atoms with Gasteiger partial charge in [0.05, 0.1) is 7.11 Å². The fourth-order valence-electron chi connectivity index (χ4n) is 3.56. The predicted octanol–water partition coefficient (Wildman–Crippen LogP) is 3.29. The molecular weight excluding hydrogens is 300 g/mol. The topological polar surface area (TPSA) is 50.3 Å². The first-order valence-electron chi connectivity index (χ1n) is 8.55. The maximum atomic E-state index is 5.28. The van der Waals surface area contributed by atoms with Crippen LogP contribution in [0.1, 0.15) is 30.1 Å². The third kappa shape index (κ3) is 3.85. The number of anilines is 1. The molecule has 0 saturated carbocycles. The smallest absolute Gasteiger partial charge is 0.222 e. The van der Waals surface area contributed by atoms with Crippen molar-refractivity contribution in [3.8, 4) is 5.75 Å². The van der Waals surface area contributed by atoms with Crippen molar-refractivity contribution in [2.24, 2.45) is 5.92 Å². The summed E-state index contributed by atoms with van der Waals surface area (Å²) in [4.78, 5) is 11.2. The number of benzene rings is 1. The molecule has 1 aromatic heterocycles. The van der Waals surface area contributed by atoms with Crippen molar-refractivity contribution in [2.75, 3.05) is 32.6 Å². The summed E-state index contributed by atoms with van der Waals surface area (Å²) in [6.07, 6.45) is 4.24. The molecule has 0 amide bonds. The Morgan fingerprint density at radius 2 is 2.04 bits per heavy atom. The van der Waals surface area contributed by atoms with Gasteiger partial charge in [-0.1, -0.05) is 12.1 Å². The Labute approximate surface area is 144 Å². The second-order valence-corrected chi connectivity index (χ2v) is 6.50. The molecule has 3 rings (SSSR count). The van der Waals surface area contributed by atoms with E-state index in [0.717, 1.165) is 30.5 Å². The molecular formula is C19H26N4O. The number of rotatable bonds is 5. The lowest BCUT2D eigenvalue weighted by Gasteiger charge is -2.39. The van der Waals surface area contributed by atoms with Gasteiger partial charge in [0.25, 0.3) is 0 Å². The van der Waals surface area contributed by atoms with Gasteiger partial charge in [0.2, 0.25) is 5.95 Å². The monoisotopic (exact) mass is 326 g/mol. The SMILES string of the molecule is COc1ccc(C2C(CNc3nccc(C)n3)CCCN2C)cc1. The Balaban J connectivity index is 1.73. The van der Waals surface area contributed by atoms with E-state index in [9.17, 15) is 0 Å². The maximum Gasteiger partial charge on any atom is 0.222 e. The van der Waals surface area contributed by atoms with E-state index >= 15 is 0 Å². The minimum atomic E-state index is 0.405. The molecule has 0 aliphatic carbocycles. The van der Waals surface area contributed by atoms with Crippen LogP contribution >= 0.6 is 0 Å². The number of nitrogens with one attached hydrogen (secondary N) is 1. The fraction of sp³-hybridized carbons (Fsp3) is 0.474. The van der Waals surface area contributed by atoms with Gasteiger partial charge in [0.15, 0.2) is 0 Å². The summed E-state index contributed by atoms with van der Waals surface area (Å²) >= 11 is 0. The molecule has 24 heavy (non-hydrogen) atoms. The van der Waals surface area contributed by atoms with Crippen LogP contribution in [0.4, 0.5) is 5.95 Å². The Morgan fingerprint density at radius 1 is 1.25 bits per heavy atom. The highest BCUT2D eigenvalue weighted by molar-refractivity contribution is 5.31. The second kappa shape index (κ2) is 7.62. The van der Waals surface area contributed by atoms with Crippen molar-refractivity contribution in [2.45, 2.75) is 25.8 Å². The zero-order chi connectivity index (χ0) is 16.9. The normalized spacial score (nSPS) is 21.5. The van der Waals surface area contributed by atoms with Gasteiger partial charge in [-0.2, -0.15) is 0 Å². The summed E-state index contributed by atoms with van der Waals surface area (Å²) in [6, 6.07) is 10.8. The predicted molar refractivity (Wildman–Crippen MR) is 96.3 cm³/mol. The molecule has 2 heterocycles. The first-order chi connectivity index (χ1) is 11.7. The summed E-state index contributed by atoms with van der Waals surface area (Å²) in [5.41, 5.74) is 2.33. The van der Waals surface area contributed by atoms with Gasteiger partial charge in [-0.3, -0.25) is 4.90 Å². The van der Waals surface area contributed by atoms with Crippen LogP contribution in [0.3, 0.4) is 0 Å². The molecule has 128 valence electrons. The molecule has 1 saturated heterocycles. The largest absolute Gasteiger partial charge is 0.497 e. The van der Waals surface area contributed by atoms with Crippen LogP contribution in [0, 0.1) is 12.8 Å². The number of likely N-dealkylation sites (tertiary alicyclic amines) is 1. The Kier molecular flexibility index (Phi) is 5.30. The van der Waals surface area contributed by atoms with Gasteiger partial charge >= 0.3 is 0 Å². The lowest BCUT2D eigenvalue weighted by Crippen LogP contribution is -2.39. The number of piperidine rings is 1. The number of hydrogen-bond donors (Lipinski definition) is 1. The lowest BCUT2D eigenvalue weighted by atomic mass is 9.85. The zero-order valence-corrected chi connectivity index (χ0v) is 14.7. The molecule has 5 nitrogen and oxygen atoms in total. The second-order valence-electron chi connectivity index (χ2n) is 6.50. The Hall–Kier alpha value is -2.14. The van der Waals surface area contributed by atoms with Gasteiger partial charge in [-0.25, -0.2) is 9.97 Å². The molecule has 0 bridgehead atoms. The molecule has 0 radical (unpaired) electrons. The van der Waals surface area contributed by atoms with E-state index in [-0.39, 0.29) is 0 Å². The molecule has 0 spiro atoms. The molecule has 2 aromatic rings. The Bertz CT molecular complexity index is 659. The van der Waals surface area contributed by atoms with Gasteiger partial charge in [0, 0.05) is 24.5 Å². The van der Waals surface area contributed by atoms with E-state index < -0.39 is 0 Å². The summed E-state index contributed by atoms with van der Waals surface area (Å²) in [5, 5.41) is 3.42. The highest BCUT2D eigenvalue weighted by Gasteiger charge is 2.30. The third-order valence-electron chi connectivity index (χ3n) is 4.78. The lowest BCUT2D eigenvalue weighted by molar-refractivity contribution is 0.127. The summed E-state index contributed by atoms with van der Waals surface area (Å²) in [6.45, 7) is 4.00. The van der Waals surface area contributed by atoms with Gasteiger partial charge in [-0.15, -0.1) is 0 Å². The average Bonchev–Trinajstić information content (AvgIpc) is 2.60. The van der Waals surface area contributed by atoms with Crippen molar-refractivity contribution in [3.63, 3.8) is 0 Å². The highest BCUT2D eigenvalue weighted by Crippen LogP contribution is 2.35. The van der Waals surface area contributed by atoms with Crippen LogP contribution in [-0.2, 0) is 0 Å². The number of aromatic nitrogens is 2. The van der Waals surface area contributed by atoms with E-state index in [4.69, 9.17) is 4.74 Å². The summed E-state index contributed by atoms with van der Waals surface area (Å²) in [5.74, 6) is 2.15. The molecule has 2 atom stereocenters. The molecule has 5 heteroatoms. The minimum Gasteiger partial charge on any atom is -0.497 e. The Morgan fingerprint density at radius 3 is 2.75 bits per heavy atom. The maximum absolute atomic E-state index is 5.28. The third-order valence-corrected chi connectivity index (χ3v) is 4.78. The van der Waals surface area contributed by atoms with Crippen LogP contribution in [0.5, 0.6) is 5.75 Å². The van der Waals surface area contributed by atoms with Crippen molar-refractivity contribution in [3.05, 3.63) is 47.8 Å². The molecule has 1 aliphatic rings. The molecule has 1 aromatic carbocycles. The number of methoxy groups -OCH3 is 1. The van der Waals surface area contributed by atoms with Crippen molar-refractivity contribution in [1.82, 2.24) is 14.9 Å². The van der Waals surface area contributed by atoms with E-state index in [1.807, 2.05) is 25.1 Å². The summed E-state index contributed by atoms with van der Waals surface area (Å²) < 4.78 is 5.28. The van der Waals surface area contributed by atoms with Gasteiger partial charge in [0.1, 0.15) is 5.75 Å². The van der Waals surface area contributed by atoms with E-state index in [2.05, 4.69) is 39.4 Å². The van der Waals surface area contributed by atoms with Crippen LogP contribution < -0.4 is 10.1 Å². The fourth-order valence-corrected chi connectivity index (χ4v) is 3.56. The quantitative estimate of drug-likeness (QED) is 0.914. The number of aryl methyl sites for hydroxylation is 1. The standard InChI is InChI=1S/C19H26N4O/c1-14-10-11-20-19(22-14)21-13-16-5-4-12-23(2)18(16)15-6-8-17(24-3)9-7-15/h6-11,16,18H,4-5,12-13H2,1-3H3,(H,20,21,22). The van der Waals surface area contributed by atoms with Gasteiger partial charge < -0.3 is 10.1 Å². The molecule has 1 fully saturated rings. The van der Waals surface area contributed by atoms with E-state index in [0.29, 0.717) is 12.0 Å². The first kappa shape index (κ1) is 16.7. The van der Waals surface area contributed by atoms with Crippen LogP contribution in [0.2, 0.25) is 0 Å². The number of ether oxygens (including phenoxy) is 1. The number of nitrogens with zero attached hydrogens (tertiary/aromatic N) is 3. The van der Waals surface area contributed by atoms with Crippen molar-refractivity contribution in [1.29, 1.82) is 0 Å². The molecule has 2 unspecified atom stereocenters. The van der Waals surface area contributed by atoms with Crippen LogP contribution in [0.25, 0.3) is 0 Å². The zero-order valence-electron chi connectivity index (χ0n) is 14.7. The molecule has 1 N–H and O–H groups in total. The van der Waals surface area contributed by atoms with Crippen molar-refractivity contribution < 1.29 is 4.74 Å². The highest BCUT2D eigenvalue weighted by atomic mass is 16.5.